The van der Waals surface area contributed by atoms with Crippen molar-refractivity contribution in [3.05, 3.63) is 46.8 Å². The predicted octanol–water partition coefficient (Wildman–Crippen LogP) is 1.76. The zero-order valence-electron chi connectivity index (χ0n) is 12.7. The van der Waals surface area contributed by atoms with Crippen LogP contribution in [-0.2, 0) is 26.6 Å². The third-order valence-electron chi connectivity index (χ3n) is 2.99. The maximum Gasteiger partial charge on any atom is 0.252 e. The summed E-state index contributed by atoms with van der Waals surface area (Å²) in [6.07, 6.45) is 0. The molecule has 0 bridgehead atoms. The van der Waals surface area contributed by atoms with Crippen molar-refractivity contribution >= 4 is 31.4 Å². The number of benzene rings is 1. The zero-order chi connectivity index (χ0) is 18.1. The first-order valence-electron chi connectivity index (χ1n) is 6.50. The van der Waals surface area contributed by atoms with E-state index in [1.54, 1.807) is 0 Å². The van der Waals surface area contributed by atoms with Crippen molar-refractivity contribution in [2.75, 3.05) is 14.1 Å². The molecule has 2 rings (SSSR count). The summed E-state index contributed by atoms with van der Waals surface area (Å²) in [6, 6.07) is 4.96. The van der Waals surface area contributed by atoms with Gasteiger partial charge in [-0.05, 0) is 24.3 Å². The maximum absolute atomic E-state index is 13.6. The van der Waals surface area contributed by atoms with Crippen LogP contribution in [0, 0.1) is 11.6 Å². The van der Waals surface area contributed by atoms with Crippen molar-refractivity contribution in [1.29, 1.82) is 0 Å². The first-order valence-corrected chi connectivity index (χ1v) is 10.2. The number of hydrogen-bond donors (Lipinski definition) is 1. The molecule has 24 heavy (non-hydrogen) atoms. The fourth-order valence-electron chi connectivity index (χ4n) is 1.71. The summed E-state index contributed by atoms with van der Waals surface area (Å²) < 4.78 is 77.7. The second-order valence-electron chi connectivity index (χ2n) is 4.91. The minimum Gasteiger partial charge on any atom is -0.207 e. The second-order valence-corrected chi connectivity index (χ2v) is 10.2. The lowest BCUT2D eigenvalue weighted by atomic mass is 10.3. The van der Waals surface area contributed by atoms with Gasteiger partial charge in [-0.3, -0.25) is 0 Å². The van der Waals surface area contributed by atoms with E-state index in [1.165, 1.54) is 26.2 Å². The van der Waals surface area contributed by atoms with E-state index in [2.05, 4.69) is 4.72 Å². The van der Waals surface area contributed by atoms with E-state index < -0.39 is 36.6 Å². The zero-order valence-corrected chi connectivity index (χ0v) is 15.1. The average molecular weight is 396 g/mol. The molecule has 0 aliphatic rings. The molecule has 1 heterocycles. The Labute approximate surface area is 142 Å². The van der Waals surface area contributed by atoms with Crippen LogP contribution in [0.3, 0.4) is 0 Å². The molecule has 0 spiro atoms. The molecule has 1 N–H and O–H groups in total. The minimum absolute atomic E-state index is 0.0645. The van der Waals surface area contributed by atoms with Crippen molar-refractivity contribution in [3.8, 4) is 0 Å². The predicted molar refractivity (Wildman–Crippen MR) is 85.6 cm³/mol. The first kappa shape index (κ1) is 18.9. The number of halogens is 2. The molecule has 2 aromatic rings. The Kier molecular flexibility index (Phi) is 5.40. The van der Waals surface area contributed by atoms with Crippen molar-refractivity contribution < 1.29 is 25.6 Å². The fourth-order valence-corrected chi connectivity index (χ4v) is 5.33. The average Bonchev–Trinajstić information content (AvgIpc) is 2.94. The lowest BCUT2D eigenvalue weighted by molar-refractivity contribution is 0.523. The molecule has 0 radical (unpaired) electrons. The summed E-state index contributed by atoms with van der Waals surface area (Å²) in [7, 11) is -5.03. The van der Waals surface area contributed by atoms with Crippen molar-refractivity contribution in [2.45, 2.75) is 15.6 Å². The molecule has 0 saturated carbocycles. The van der Waals surface area contributed by atoms with E-state index in [1.807, 2.05) is 0 Å². The summed E-state index contributed by atoms with van der Waals surface area (Å²) >= 11 is 0.900. The van der Waals surface area contributed by atoms with Crippen LogP contribution in [0.25, 0.3) is 0 Å². The molecule has 0 aliphatic carbocycles. The van der Waals surface area contributed by atoms with Crippen LogP contribution in [0.15, 0.2) is 39.4 Å². The molecular weight excluding hydrogens is 382 g/mol. The number of nitrogens with zero attached hydrogens (tertiary/aromatic N) is 1. The summed E-state index contributed by atoms with van der Waals surface area (Å²) in [4.78, 5) is -0.247. The van der Waals surface area contributed by atoms with Gasteiger partial charge in [0.15, 0.2) is 0 Å². The highest BCUT2D eigenvalue weighted by Gasteiger charge is 2.22. The standard InChI is InChI=1S/C13H14F2N2O4S3/c1-17(2)24(20,21)13-6-4-10(22-13)8-16-23(18,19)12-5-3-9(14)7-11(12)15/h3-7,16H,8H2,1-2H3. The topological polar surface area (TPSA) is 83.6 Å². The van der Waals surface area contributed by atoms with Gasteiger partial charge >= 0.3 is 0 Å². The molecule has 132 valence electrons. The second kappa shape index (κ2) is 6.84. The van der Waals surface area contributed by atoms with Gasteiger partial charge in [0.05, 0.1) is 0 Å². The monoisotopic (exact) mass is 396 g/mol. The van der Waals surface area contributed by atoms with Gasteiger partial charge in [0, 0.05) is 31.6 Å². The minimum atomic E-state index is -4.19. The Hall–Kier alpha value is -1.40. The lowest BCUT2D eigenvalue weighted by Gasteiger charge is -2.08. The van der Waals surface area contributed by atoms with Gasteiger partial charge in [-0.15, -0.1) is 11.3 Å². The van der Waals surface area contributed by atoms with Crippen LogP contribution in [0.1, 0.15) is 4.88 Å². The number of nitrogens with one attached hydrogen (secondary N) is 1. The van der Waals surface area contributed by atoms with Crippen LogP contribution < -0.4 is 4.72 Å². The normalized spacial score (nSPS) is 12.7. The molecule has 11 heteroatoms. The van der Waals surface area contributed by atoms with E-state index in [0.29, 0.717) is 10.9 Å². The molecule has 0 fully saturated rings. The van der Waals surface area contributed by atoms with Gasteiger partial charge in [0.1, 0.15) is 20.7 Å². The van der Waals surface area contributed by atoms with Gasteiger partial charge in [-0.1, -0.05) is 0 Å². The van der Waals surface area contributed by atoms with Crippen LogP contribution in [0.5, 0.6) is 0 Å². The van der Waals surface area contributed by atoms with Crippen LogP contribution in [0.2, 0.25) is 0 Å². The van der Waals surface area contributed by atoms with Crippen molar-refractivity contribution in [2.24, 2.45) is 0 Å². The molecule has 1 aromatic carbocycles. The summed E-state index contributed by atoms with van der Waals surface area (Å²) in [5.41, 5.74) is 0. The van der Waals surface area contributed by atoms with E-state index in [9.17, 15) is 25.6 Å². The molecule has 0 saturated heterocycles. The van der Waals surface area contributed by atoms with Crippen LogP contribution in [-0.4, -0.2) is 35.2 Å². The highest BCUT2D eigenvalue weighted by Crippen LogP contribution is 2.24. The van der Waals surface area contributed by atoms with E-state index in [-0.39, 0.29) is 10.8 Å². The quantitative estimate of drug-likeness (QED) is 0.806. The number of sulfonamides is 2. The van der Waals surface area contributed by atoms with Gasteiger partial charge < -0.3 is 0 Å². The summed E-state index contributed by atoms with van der Waals surface area (Å²) in [5.74, 6) is -2.09. The van der Waals surface area contributed by atoms with Gasteiger partial charge in [0.2, 0.25) is 10.0 Å². The SMILES string of the molecule is CN(C)S(=O)(=O)c1ccc(CNS(=O)(=O)c2ccc(F)cc2F)s1. The van der Waals surface area contributed by atoms with Crippen LogP contribution >= 0.6 is 11.3 Å². The highest BCUT2D eigenvalue weighted by molar-refractivity contribution is 7.91. The fraction of sp³-hybridized carbons (Fsp3) is 0.231. The molecule has 0 aliphatic heterocycles. The lowest BCUT2D eigenvalue weighted by Crippen LogP contribution is -2.24. The Balaban J connectivity index is 2.18. The van der Waals surface area contributed by atoms with Gasteiger partial charge in [-0.2, -0.15) is 0 Å². The molecular formula is C13H14F2N2O4S3. The Morgan fingerprint density at radius 2 is 1.75 bits per heavy atom. The molecule has 0 amide bonds. The molecule has 0 unspecified atom stereocenters. The van der Waals surface area contributed by atoms with Gasteiger partial charge in [0.25, 0.3) is 10.0 Å². The highest BCUT2D eigenvalue weighted by atomic mass is 32.2. The van der Waals surface area contributed by atoms with E-state index in [4.69, 9.17) is 0 Å². The molecule has 6 nitrogen and oxygen atoms in total. The summed E-state index contributed by atoms with van der Waals surface area (Å²) in [6.45, 7) is -0.216. The van der Waals surface area contributed by atoms with E-state index >= 15 is 0 Å². The Morgan fingerprint density at radius 1 is 1.08 bits per heavy atom. The molecule has 0 atom stereocenters. The van der Waals surface area contributed by atoms with Gasteiger partial charge in [-0.25, -0.2) is 34.6 Å². The number of hydrogen-bond acceptors (Lipinski definition) is 5. The van der Waals surface area contributed by atoms with Crippen LogP contribution in [0.4, 0.5) is 8.78 Å². The third kappa shape index (κ3) is 3.98. The molecule has 1 aromatic heterocycles. The third-order valence-corrected chi connectivity index (χ3v) is 7.79. The maximum atomic E-state index is 13.6. The number of thiophene rings is 1. The number of rotatable bonds is 6. The smallest absolute Gasteiger partial charge is 0.207 e. The van der Waals surface area contributed by atoms with E-state index in [0.717, 1.165) is 27.8 Å². The summed E-state index contributed by atoms with van der Waals surface area (Å²) in [5, 5.41) is 0. The van der Waals surface area contributed by atoms with Crippen molar-refractivity contribution in [1.82, 2.24) is 9.03 Å². The first-order chi connectivity index (χ1) is 11.0. The van der Waals surface area contributed by atoms with Crippen molar-refractivity contribution in [3.63, 3.8) is 0 Å². The Morgan fingerprint density at radius 3 is 2.33 bits per heavy atom. The largest absolute Gasteiger partial charge is 0.252 e. The Bertz CT molecular complexity index is 953.